The van der Waals surface area contributed by atoms with Crippen molar-refractivity contribution in [1.29, 1.82) is 0 Å². The van der Waals surface area contributed by atoms with Gasteiger partial charge in [-0.2, -0.15) is 0 Å². The Balaban J connectivity index is 2.68. The Hall–Kier alpha value is -1.58. The largest absolute Gasteiger partial charge is 0.369 e. The fourth-order valence-corrected chi connectivity index (χ4v) is 1.74. The molecule has 2 N–H and O–H groups in total. The van der Waals surface area contributed by atoms with Crippen LogP contribution in [0.2, 0.25) is 0 Å². The number of nitrogens with zero attached hydrogens (tertiary/aromatic N) is 2. The van der Waals surface area contributed by atoms with Gasteiger partial charge in [-0.25, -0.2) is 9.37 Å². The van der Waals surface area contributed by atoms with Gasteiger partial charge in [0, 0.05) is 12.1 Å². The zero-order valence-electron chi connectivity index (χ0n) is 8.87. The Morgan fingerprint density at radius 2 is 2.27 bits per heavy atom. The molecule has 0 amide bonds. The Bertz CT molecular complexity index is 490. The van der Waals surface area contributed by atoms with Crippen LogP contribution in [-0.4, -0.2) is 9.55 Å². The molecular weight excluding hydrogens is 193 g/mol. The summed E-state index contributed by atoms with van der Waals surface area (Å²) >= 11 is 0. The van der Waals surface area contributed by atoms with Gasteiger partial charge in [-0.3, -0.25) is 0 Å². The Morgan fingerprint density at radius 3 is 2.93 bits per heavy atom. The first kappa shape index (κ1) is 9.96. The molecule has 1 aromatic carbocycles. The van der Waals surface area contributed by atoms with Crippen molar-refractivity contribution in [2.45, 2.75) is 26.3 Å². The van der Waals surface area contributed by atoms with Crippen LogP contribution in [0.25, 0.3) is 11.0 Å². The van der Waals surface area contributed by atoms with Gasteiger partial charge >= 0.3 is 0 Å². The highest BCUT2D eigenvalue weighted by Gasteiger charge is 2.12. The third-order valence-corrected chi connectivity index (χ3v) is 2.71. The van der Waals surface area contributed by atoms with Gasteiger partial charge < -0.3 is 10.3 Å². The molecule has 2 aromatic rings. The summed E-state index contributed by atoms with van der Waals surface area (Å²) < 4.78 is 14.9. The summed E-state index contributed by atoms with van der Waals surface area (Å²) in [5.41, 5.74) is 7.32. The third-order valence-electron chi connectivity index (χ3n) is 2.71. The van der Waals surface area contributed by atoms with Crippen LogP contribution in [-0.2, 0) is 0 Å². The molecule has 0 aliphatic heterocycles. The van der Waals surface area contributed by atoms with Crippen LogP contribution in [0.4, 0.5) is 10.3 Å². The van der Waals surface area contributed by atoms with E-state index < -0.39 is 0 Å². The first-order chi connectivity index (χ1) is 7.13. The van der Waals surface area contributed by atoms with Crippen LogP contribution in [0.5, 0.6) is 0 Å². The predicted molar refractivity (Wildman–Crippen MR) is 59.1 cm³/mol. The molecule has 3 nitrogen and oxygen atoms in total. The van der Waals surface area contributed by atoms with Crippen LogP contribution >= 0.6 is 0 Å². The maximum atomic E-state index is 13.0. The zero-order chi connectivity index (χ0) is 11.0. The van der Waals surface area contributed by atoms with Crippen molar-refractivity contribution in [3.05, 3.63) is 24.0 Å². The summed E-state index contributed by atoms with van der Waals surface area (Å²) in [5, 5.41) is 0. The predicted octanol–water partition coefficient (Wildman–Crippen LogP) is 2.73. The van der Waals surface area contributed by atoms with Crippen molar-refractivity contribution >= 4 is 17.0 Å². The van der Waals surface area contributed by atoms with Crippen LogP contribution < -0.4 is 5.73 Å². The number of hydrogen-bond acceptors (Lipinski definition) is 2. The summed E-state index contributed by atoms with van der Waals surface area (Å²) in [6.07, 6.45) is 0.965. The van der Waals surface area contributed by atoms with Crippen molar-refractivity contribution < 1.29 is 4.39 Å². The van der Waals surface area contributed by atoms with Gasteiger partial charge in [-0.15, -0.1) is 0 Å². The van der Waals surface area contributed by atoms with E-state index in [2.05, 4.69) is 18.8 Å². The molecule has 80 valence electrons. The van der Waals surface area contributed by atoms with Crippen LogP contribution in [0.15, 0.2) is 18.2 Å². The summed E-state index contributed by atoms with van der Waals surface area (Å²) in [5.74, 6) is 0.168. The van der Waals surface area contributed by atoms with Crippen LogP contribution in [0, 0.1) is 5.82 Å². The summed E-state index contributed by atoms with van der Waals surface area (Å²) in [7, 11) is 0. The number of aromatic nitrogens is 2. The summed E-state index contributed by atoms with van der Waals surface area (Å²) in [4.78, 5) is 4.14. The van der Waals surface area contributed by atoms with E-state index in [0.717, 1.165) is 11.9 Å². The normalized spacial score (nSPS) is 13.3. The van der Waals surface area contributed by atoms with Crippen molar-refractivity contribution in [1.82, 2.24) is 9.55 Å². The third kappa shape index (κ3) is 1.56. The molecule has 0 spiro atoms. The highest BCUT2D eigenvalue weighted by Crippen LogP contribution is 2.24. The number of nitrogen functional groups attached to an aromatic ring is 1. The topological polar surface area (TPSA) is 43.8 Å². The quantitative estimate of drug-likeness (QED) is 0.822. The molecule has 4 heteroatoms. The van der Waals surface area contributed by atoms with Gasteiger partial charge in [0.1, 0.15) is 5.82 Å². The van der Waals surface area contributed by atoms with Crippen molar-refractivity contribution in [3.8, 4) is 0 Å². The maximum Gasteiger partial charge on any atom is 0.201 e. The monoisotopic (exact) mass is 207 g/mol. The van der Waals surface area contributed by atoms with Gasteiger partial charge in [0.2, 0.25) is 5.95 Å². The second-order valence-corrected chi connectivity index (χ2v) is 3.73. The van der Waals surface area contributed by atoms with E-state index in [4.69, 9.17) is 5.73 Å². The number of benzene rings is 1. The second kappa shape index (κ2) is 3.53. The first-order valence-electron chi connectivity index (χ1n) is 5.06. The minimum absolute atomic E-state index is 0.278. The number of fused-ring (bicyclic) bond motifs is 1. The Labute approximate surface area is 87.7 Å². The fraction of sp³-hybridized carbons (Fsp3) is 0.364. The number of anilines is 1. The minimum atomic E-state index is -0.281. The van der Waals surface area contributed by atoms with Gasteiger partial charge in [0.25, 0.3) is 0 Å². The Morgan fingerprint density at radius 1 is 1.53 bits per heavy atom. The fourth-order valence-electron chi connectivity index (χ4n) is 1.74. The number of rotatable bonds is 2. The van der Waals surface area contributed by atoms with Gasteiger partial charge in [0.05, 0.1) is 11.0 Å². The smallest absolute Gasteiger partial charge is 0.201 e. The molecule has 0 saturated carbocycles. The standard InChI is InChI=1S/C11H14FN3/c1-3-7(2)15-10-5-4-8(12)6-9(10)14-11(15)13/h4-7H,3H2,1-2H3,(H2,13,14). The molecular formula is C11H14FN3. The molecule has 1 atom stereocenters. The average Bonchev–Trinajstić information content (AvgIpc) is 2.52. The molecule has 2 rings (SSSR count). The number of imidazole rings is 1. The molecule has 1 heterocycles. The highest BCUT2D eigenvalue weighted by molar-refractivity contribution is 5.78. The number of hydrogen-bond donors (Lipinski definition) is 1. The van der Waals surface area contributed by atoms with E-state index in [1.54, 1.807) is 6.07 Å². The first-order valence-corrected chi connectivity index (χ1v) is 5.06. The van der Waals surface area contributed by atoms with Crippen LogP contribution in [0.3, 0.4) is 0 Å². The molecule has 0 aliphatic carbocycles. The highest BCUT2D eigenvalue weighted by atomic mass is 19.1. The van der Waals surface area contributed by atoms with Gasteiger partial charge in [0.15, 0.2) is 0 Å². The van der Waals surface area contributed by atoms with Gasteiger partial charge in [-0.05, 0) is 25.5 Å². The Kier molecular flexibility index (Phi) is 2.34. The van der Waals surface area contributed by atoms with Crippen LogP contribution in [0.1, 0.15) is 26.3 Å². The number of halogens is 1. The van der Waals surface area contributed by atoms with E-state index in [0.29, 0.717) is 11.5 Å². The lowest BCUT2D eigenvalue weighted by Crippen LogP contribution is -2.07. The summed E-state index contributed by atoms with van der Waals surface area (Å²) in [6.45, 7) is 4.15. The molecule has 15 heavy (non-hydrogen) atoms. The molecule has 0 bridgehead atoms. The SMILES string of the molecule is CCC(C)n1c(N)nc2cc(F)ccc21. The van der Waals surface area contributed by atoms with E-state index in [9.17, 15) is 4.39 Å². The minimum Gasteiger partial charge on any atom is -0.369 e. The van der Waals surface area contributed by atoms with E-state index in [-0.39, 0.29) is 11.9 Å². The van der Waals surface area contributed by atoms with E-state index in [1.807, 2.05) is 4.57 Å². The van der Waals surface area contributed by atoms with Crippen molar-refractivity contribution in [3.63, 3.8) is 0 Å². The van der Waals surface area contributed by atoms with Crippen molar-refractivity contribution in [2.75, 3.05) is 5.73 Å². The number of nitrogens with two attached hydrogens (primary N) is 1. The molecule has 0 aliphatic rings. The molecule has 1 aromatic heterocycles. The van der Waals surface area contributed by atoms with Gasteiger partial charge in [-0.1, -0.05) is 6.92 Å². The van der Waals surface area contributed by atoms with E-state index in [1.165, 1.54) is 12.1 Å². The lowest BCUT2D eigenvalue weighted by Gasteiger charge is -2.13. The molecule has 0 radical (unpaired) electrons. The second-order valence-electron chi connectivity index (χ2n) is 3.73. The molecule has 0 fully saturated rings. The molecule has 0 saturated heterocycles. The van der Waals surface area contributed by atoms with Crippen molar-refractivity contribution in [2.24, 2.45) is 0 Å². The average molecular weight is 207 g/mol. The molecule has 1 unspecified atom stereocenters. The maximum absolute atomic E-state index is 13.0. The summed E-state index contributed by atoms with van der Waals surface area (Å²) in [6, 6.07) is 4.84. The van der Waals surface area contributed by atoms with E-state index >= 15 is 0 Å². The lowest BCUT2D eigenvalue weighted by molar-refractivity contribution is 0.551. The lowest BCUT2D eigenvalue weighted by atomic mass is 10.2. The zero-order valence-corrected chi connectivity index (χ0v) is 8.87.